The van der Waals surface area contributed by atoms with Crippen molar-refractivity contribution in [1.29, 1.82) is 0 Å². The van der Waals surface area contributed by atoms with Gasteiger partial charge in [-0.25, -0.2) is 4.98 Å². The summed E-state index contributed by atoms with van der Waals surface area (Å²) >= 11 is 1.06. The van der Waals surface area contributed by atoms with E-state index in [2.05, 4.69) is 48.9 Å². The van der Waals surface area contributed by atoms with Crippen molar-refractivity contribution in [3.8, 4) is 5.75 Å². The molecule has 0 fully saturated rings. The molecule has 0 unspecified atom stereocenters. The SMILES string of the molecule is CC(C)(C)[Si](C)(C)OCc1csc(NC(=O)C(F)(F)Oc2ccccc2)n1. The average Bonchev–Trinajstić information content (AvgIpc) is 3.00. The van der Waals surface area contributed by atoms with Crippen molar-refractivity contribution < 1.29 is 22.7 Å². The molecule has 1 heterocycles. The third kappa shape index (κ3) is 5.82. The zero-order valence-electron chi connectivity index (χ0n) is 16.0. The minimum absolute atomic E-state index is 0.0525. The van der Waals surface area contributed by atoms with Crippen LogP contribution < -0.4 is 10.1 Å². The van der Waals surface area contributed by atoms with E-state index in [0.717, 1.165) is 11.3 Å². The number of thiazole rings is 1. The van der Waals surface area contributed by atoms with E-state index in [1.807, 2.05) is 0 Å². The van der Waals surface area contributed by atoms with E-state index in [4.69, 9.17) is 4.43 Å². The molecule has 2 aromatic rings. The number of carbonyl (C=O) groups excluding carboxylic acids is 1. The summed E-state index contributed by atoms with van der Waals surface area (Å²) in [5.74, 6) is -1.67. The zero-order valence-corrected chi connectivity index (χ0v) is 17.8. The minimum Gasteiger partial charge on any atom is -0.425 e. The molecule has 0 aliphatic rings. The van der Waals surface area contributed by atoms with Crippen molar-refractivity contribution in [2.75, 3.05) is 5.32 Å². The van der Waals surface area contributed by atoms with Gasteiger partial charge in [0, 0.05) is 5.38 Å². The highest BCUT2D eigenvalue weighted by Gasteiger charge is 2.43. The van der Waals surface area contributed by atoms with Gasteiger partial charge in [0.1, 0.15) is 5.75 Å². The highest BCUT2D eigenvalue weighted by Crippen LogP contribution is 2.37. The Morgan fingerprint density at radius 2 is 1.85 bits per heavy atom. The normalized spacial score (nSPS) is 12.7. The summed E-state index contributed by atoms with van der Waals surface area (Å²) < 4.78 is 38.4. The molecule has 9 heteroatoms. The summed E-state index contributed by atoms with van der Waals surface area (Å²) in [6.07, 6.45) is -4.01. The summed E-state index contributed by atoms with van der Waals surface area (Å²) in [4.78, 5) is 16.0. The van der Waals surface area contributed by atoms with Gasteiger partial charge in [-0.15, -0.1) is 11.3 Å². The van der Waals surface area contributed by atoms with Crippen molar-refractivity contribution in [3.63, 3.8) is 0 Å². The maximum atomic E-state index is 14.0. The standard InChI is InChI=1S/C18H24F2N2O3SSi/c1-17(2,3)27(4,5)24-11-13-12-26-16(21-13)22-15(23)18(19,20)25-14-9-7-6-8-10-14/h6-10,12H,11H2,1-5H3,(H,21,22,23). The van der Waals surface area contributed by atoms with Crippen molar-refractivity contribution in [3.05, 3.63) is 41.4 Å². The molecule has 5 nitrogen and oxygen atoms in total. The molecule has 1 N–H and O–H groups in total. The second-order valence-electron chi connectivity index (χ2n) is 7.58. The lowest BCUT2D eigenvalue weighted by Crippen LogP contribution is -2.40. The number of hydrogen-bond donors (Lipinski definition) is 1. The van der Waals surface area contributed by atoms with E-state index in [0.29, 0.717) is 5.69 Å². The summed E-state index contributed by atoms with van der Waals surface area (Å²) in [6, 6.07) is 7.44. The van der Waals surface area contributed by atoms with Crippen molar-refractivity contribution in [2.24, 2.45) is 0 Å². The van der Waals surface area contributed by atoms with E-state index in [9.17, 15) is 13.6 Å². The Morgan fingerprint density at radius 1 is 1.22 bits per heavy atom. The molecule has 0 saturated heterocycles. The molecule has 0 saturated carbocycles. The highest BCUT2D eigenvalue weighted by molar-refractivity contribution is 7.13. The number of para-hydroxylation sites is 1. The van der Waals surface area contributed by atoms with Gasteiger partial charge in [0.05, 0.1) is 12.3 Å². The predicted molar refractivity (Wildman–Crippen MR) is 105 cm³/mol. The van der Waals surface area contributed by atoms with Crippen LogP contribution in [0.2, 0.25) is 18.1 Å². The Balaban J connectivity index is 1.95. The molecule has 2 rings (SSSR count). The fourth-order valence-electron chi connectivity index (χ4n) is 1.75. The van der Waals surface area contributed by atoms with Gasteiger partial charge in [-0.3, -0.25) is 10.1 Å². The van der Waals surface area contributed by atoms with E-state index in [1.54, 1.807) is 23.6 Å². The number of aromatic nitrogens is 1. The third-order valence-corrected chi connectivity index (χ3v) is 9.70. The molecule has 0 aliphatic carbocycles. The van der Waals surface area contributed by atoms with Gasteiger partial charge in [0.15, 0.2) is 13.4 Å². The largest absolute Gasteiger partial charge is 0.482 e. The number of halogens is 2. The third-order valence-electron chi connectivity index (χ3n) is 4.41. The van der Waals surface area contributed by atoms with E-state index in [1.165, 1.54) is 12.1 Å². The number of anilines is 1. The molecule has 0 bridgehead atoms. The molecule has 1 amide bonds. The van der Waals surface area contributed by atoms with Crippen LogP contribution in [0.25, 0.3) is 0 Å². The van der Waals surface area contributed by atoms with Crippen LogP contribution in [0.1, 0.15) is 26.5 Å². The quantitative estimate of drug-likeness (QED) is 0.627. The number of nitrogens with zero attached hydrogens (tertiary/aromatic N) is 1. The summed E-state index contributed by atoms with van der Waals surface area (Å²) in [5.41, 5.74) is 0.590. The molecule has 0 atom stereocenters. The second kappa shape index (κ2) is 8.03. The molecule has 1 aromatic carbocycles. The lowest BCUT2D eigenvalue weighted by molar-refractivity contribution is -0.187. The highest BCUT2D eigenvalue weighted by atomic mass is 32.1. The van der Waals surface area contributed by atoms with Crippen LogP contribution in [0.4, 0.5) is 13.9 Å². The molecule has 1 aromatic heterocycles. The number of rotatable bonds is 7. The first-order chi connectivity index (χ1) is 12.4. The van der Waals surface area contributed by atoms with Crippen LogP contribution in [-0.4, -0.2) is 25.3 Å². The maximum Gasteiger partial charge on any atom is 0.482 e. The monoisotopic (exact) mass is 414 g/mol. The minimum atomic E-state index is -4.01. The molecule has 27 heavy (non-hydrogen) atoms. The maximum absolute atomic E-state index is 14.0. The lowest BCUT2D eigenvalue weighted by Gasteiger charge is -2.35. The number of amides is 1. The fraction of sp³-hybridized carbons (Fsp3) is 0.444. The van der Waals surface area contributed by atoms with Gasteiger partial charge in [-0.05, 0) is 30.3 Å². The first-order valence-corrected chi connectivity index (χ1v) is 12.2. The van der Waals surface area contributed by atoms with E-state index in [-0.39, 0.29) is 22.5 Å². The first kappa shape index (κ1) is 21.5. The predicted octanol–water partition coefficient (Wildman–Crippen LogP) is 5.28. The number of hydrogen-bond acceptors (Lipinski definition) is 5. The van der Waals surface area contributed by atoms with Gasteiger partial charge in [-0.1, -0.05) is 39.0 Å². The van der Waals surface area contributed by atoms with Crippen LogP contribution in [0.3, 0.4) is 0 Å². The Hall–Kier alpha value is -1.84. The van der Waals surface area contributed by atoms with Gasteiger partial charge in [-0.2, -0.15) is 8.78 Å². The molecule has 0 aliphatic heterocycles. The fourth-order valence-corrected chi connectivity index (χ4v) is 3.39. The number of ether oxygens (including phenoxy) is 1. The topological polar surface area (TPSA) is 60.5 Å². The molecule has 0 spiro atoms. The Bertz CT molecular complexity index is 776. The van der Waals surface area contributed by atoms with E-state index < -0.39 is 20.3 Å². The number of nitrogens with one attached hydrogen (secondary N) is 1. The Morgan fingerprint density at radius 3 is 2.44 bits per heavy atom. The smallest absolute Gasteiger partial charge is 0.425 e. The zero-order chi connectivity index (χ0) is 20.3. The van der Waals surface area contributed by atoms with Gasteiger partial charge >= 0.3 is 12.0 Å². The van der Waals surface area contributed by atoms with Gasteiger partial charge in [0.25, 0.3) is 0 Å². The van der Waals surface area contributed by atoms with Crippen molar-refractivity contribution in [1.82, 2.24) is 4.98 Å². The van der Waals surface area contributed by atoms with Crippen LogP contribution in [0.15, 0.2) is 35.7 Å². The van der Waals surface area contributed by atoms with Gasteiger partial charge in [0.2, 0.25) is 0 Å². The van der Waals surface area contributed by atoms with Gasteiger partial charge < -0.3 is 9.16 Å². The molecular weight excluding hydrogens is 390 g/mol. The molecule has 0 radical (unpaired) electrons. The van der Waals surface area contributed by atoms with Crippen LogP contribution in [0, 0.1) is 0 Å². The molecule has 148 valence electrons. The number of alkyl halides is 2. The summed E-state index contributed by atoms with van der Waals surface area (Å²) in [6.45, 7) is 10.9. The summed E-state index contributed by atoms with van der Waals surface area (Å²) in [5, 5.41) is 3.91. The van der Waals surface area contributed by atoms with Crippen LogP contribution >= 0.6 is 11.3 Å². The second-order valence-corrected chi connectivity index (χ2v) is 13.2. The average molecular weight is 415 g/mol. The Kier molecular flexibility index (Phi) is 6.38. The Labute approximate surface area is 162 Å². The molecular formula is C18H24F2N2O3SSi. The van der Waals surface area contributed by atoms with E-state index >= 15 is 0 Å². The number of carbonyl (C=O) groups is 1. The summed E-state index contributed by atoms with van der Waals surface area (Å²) in [7, 11) is -1.95. The first-order valence-electron chi connectivity index (χ1n) is 8.42. The van der Waals surface area contributed by atoms with Crippen molar-refractivity contribution >= 4 is 30.7 Å². The lowest BCUT2D eigenvalue weighted by atomic mass is 10.2. The van der Waals surface area contributed by atoms with Crippen LogP contribution in [0.5, 0.6) is 5.75 Å². The number of benzene rings is 1. The van der Waals surface area contributed by atoms with Crippen molar-refractivity contribution in [2.45, 2.75) is 51.6 Å². The van der Waals surface area contributed by atoms with Crippen LogP contribution in [-0.2, 0) is 15.8 Å².